The van der Waals surface area contributed by atoms with Crippen LogP contribution in [-0.2, 0) is 17.6 Å². The Hall–Kier alpha value is -2.72. The first-order chi connectivity index (χ1) is 14.5. The first-order valence-electron chi connectivity index (χ1n) is 9.50. The lowest BCUT2D eigenvalue weighted by molar-refractivity contribution is -0.384. The topological polar surface area (TPSA) is 107 Å². The number of nitro benzene ring substituents is 1. The zero-order chi connectivity index (χ0) is 21.3. The van der Waals surface area contributed by atoms with Gasteiger partial charge in [0.2, 0.25) is 5.91 Å². The second-order valence-corrected chi connectivity index (χ2v) is 8.99. The van der Waals surface area contributed by atoms with Gasteiger partial charge in [0, 0.05) is 10.3 Å². The molecule has 0 fully saturated rings. The van der Waals surface area contributed by atoms with Gasteiger partial charge in [-0.15, -0.1) is 11.3 Å². The maximum atomic E-state index is 12.5. The molecule has 1 N–H and O–H groups in total. The van der Waals surface area contributed by atoms with Gasteiger partial charge in [-0.05, 0) is 50.3 Å². The molecule has 1 amide bonds. The molecule has 0 unspecified atom stereocenters. The van der Waals surface area contributed by atoms with Crippen LogP contribution in [-0.4, -0.2) is 33.7 Å². The lowest BCUT2D eigenvalue weighted by Gasteiger charge is -2.12. The van der Waals surface area contributed by atoms with Crippen LogP contribution >= 0.6 is 23.1 Å². The van der Waals surface area contributed by atoms with Crippen molar-refractivity contribution >= 4 is 50.6 Å². The van der Waals surface area contributed by atoms with E-state index < -0.39 is 4.92 Å². The molecule has 0 atom stereocenters. The van der Waals surface area contributed by atoms with Gasteiger partial charge in [0.25, 0.3) is 5.69 Å². The third-order valence-electron chi connectivity index (χ3n) is 4.91. The minimum atomic E-state index is -0.541. The Kier molecular flexibility index (Phi) is 5.87. The van der Waals surface area contributed by atoms with E-state index in [0.717, 1.165) is 34.5 Å². The highest BCUT2D eigenvalue weighted by atomic mass is 32.2. The number of nitrogens with one attached hydrogen (secondary N) is 1. The maximum Gasteiger partial charge on any atom is 0.296 e. The van der Waals surface area contributed by atoms with Crippen LogP contribution in [0.1, 0.15) is 29.1 Å². The Balaban J connectivity index is 1.54. The third-order valence-corrected chi connectivity index (χ3v) is 7.07. The van der Waals surface area contributed by atoms with Gasteiger partial charge in [0.05, 0.1) is 23.9 Å². The molecule has 2 heterocycles. The number of fused-ring (bicyclic) bond motifs is 3. The van der Waals surface area contributed by atoms with Crippen molar-refractivity contribution in [3.63, 3.8) is 0 Å². The highest BCUT2D eigenvalue weighted by Crippen LogP contribution is 2.39. The third kappa shape index (κ3) is 4.10. The number of hydrogen-bond acceptors (Lipinski definition) is 8. The highest BCUT2D eigenvalue weighted by Gasteiger charge is 2.22. The van der Waals surface area contributed by atoms with Crippen LogP contribution < -0.4 is 10.1 Å². The summed E-state index contributed by atoms with van der Waals surface area (Å²) in [6, 6.07) is 4.34. The van der Waals surface area contributed by atoms with Crippen LogP contribution in [0.15, 0.2) is 23.2 Å². The number of anilines is 1. The number of thiophene rings is 1. The summed E-state index contributed by atoms with van der Waals surface area (Å²) in [6.07, 6.45) is 4.43. The van der Waals surface area contributed by atoms with Gasteiger partial charge in [0.15, 0.2) is 0 Å². The molecule has 0 saturated heterocycles. The number of benzene rings is 1. The van der Waals surface area contributed by atoms with Gasteiger partial charge in [-0.25, -0.2) is 9.97 Å². The zero-order valence-electron chi connectivity index (χ0n) is 16.6. The number of aromatic nitrogens is 2. The quantitative estimate of drug-likeness (QED) is 0.258. The van der Waals surface area contributed by atoms with Crippen LogP contribution in [0.3, 0.4) is 0 Å². The average Bonchev–Trinajstić information content (AvgIpc) is 3.10. The number of nitrogens with zero attached hydrogens (tertiary/aromatic N) is 3. The molecule has 30 heavy (non-hydrogen) atoms. The van der Waals surface area contributed by atoms with E-state index in [-0.39, 0.29) is 23.0 Å². The van der Waals surface area contributed by atoms with E-state index in [9.17, 15) is 14.9 Å². The molecule has 4 rings (SSSR count). The van der Waals surface area contributed by atoms with E-state index in [0.29, 0.717) is 11.6 Å². The zero-order valence-corrected chi connectivity index (χ0v) is 18.2. The monoisotopic (exact) mass is 444 g/mol. The molecule has 156 valence electrons. The molecule has 2 aromatic heterocycles. The minimum Gasteiger partial charge on any atom is -0.496 e. The fourth-order valence-corrected chi connectivity index (χ4v) is 5.82. The molecular formula is C20H20N4O4S2. The van der Waals surface area contributed by atoms with Gasteiger partial charge in [-0.2, -0.15) is 0 Å². The summed E-state index contributed by atoms with van der Waals surface area (Å²) in [4.78, 5) is 34.8. The number of carbonyl (C=O) groups excluding carboxylic acids is 1. The number of ether oxygens (including phenoxy) is 1. The molecule has 8 nitrogen and oxygen atoms in total. The lowest BCUT2D eigenvalue weighted by Crippen LogP contribution is -2.15. The Morgan fingerprint density at radius 3 is 2.90 bits per heavy atom. The van der Waals surface area contributed by atoms with Crippen LogP contribution in [0.4, 0.5) is 11.4 Å². The molecule has 1 aliphatic rings. The number of thioether (sulfide) groups is 1. The summed E-state index contributed by atoms with van der Waals surface area (Å²) >= 11 is 3.06. The van der Waals surface area contributed by atoms with Gasteiger partial charge in [0.1, 0.15) is 27.1 Å². The van der Waals surface area contributed by atoms with Crippen molar-refractivity contribution in [1.29, 1.82) is 0 Å². The minimum absolute atomic E-state index is 0.0966. The predicted octanol–water partition coefficient (Wildman–Crippen LogP) is 4.53. The van der Waals surface area contributed by atoms with E-state index in [2.05, 4.69) is 15.3 Å². The largest absolute Gasteiger partial charge is 0.496 e. The molecule has 10 heteroatoms. The molecule has 0 saturated carbocycles. The van der Waals surface area contributed by atoms with Crippen LogP contribution in [0, 0.1) is 17.0 Å². The fraction of sp³-hybridized carbons (Fsp3) is 0.350. The second kappa shape index (κ2) is 8.57. The number of carbonyl (C=O) groups is 1. The Bertz CT molecular complexity index is 1150. The summed E-state index contributed by atoms with van der Waals surface area (Å²) in [5, 5.41) is 15.8. The Labute approximate surface area is 181 Å². The Morgan fingerprint density at radius 1 is 1.33 bits per heavy atom. The van der Waals surface area contributed by atoms with Gasteiger partial charge >= 0.3 is 0 Å². The van der Waals surface area contributed by atoms with Crippen molar-refractivity contribution < 1.29 is 14.5 Å². The molecule has 0 aliphatic heterocycles. The maximum absolute atomic E-state index is 12.5. The van der Waals surface area contributed by atoms with Crippen molar-refractivity contribution in [3.05, 3.63) is 44.6 Å². The smallest absolute Gasteiger partial charge is 0.296 e. The van der Waals surface area contributed by atoms with Crippen molar-refractivity contribution in [2.24, 2.45) is 0 Å². The molecule has 0 bridgehead atoms. The number of hydrogen-bond donors (Lipinski definition) is 1. The summed E-state index contributed by atoms with van der Waals surface area (Å²) < 4.78 is 5.03. The first-order valence-corrected chi connectivity index (χ1v) is 11.3. The van der Waals surface area contributed by atoms with Gasteiger partial charge in [-0.1, -0.05) is 11.8 Å². The molecule has 1 aromatic carbocycles. The van der Waals surface area contributed by atoms with Crippen molar-refractivity contribution in [3.8, 4) is 5.75 Å². The van der Waals surface area contributed by atoms with E-state index >= 15 is 0 Å². The van der Waals surface area contributed by atoms with E-state index in [4.69, 9.17) is 4.74 Å². The highest BCUT2D eigenvalue weighted by molar-refractivity contribution is 8.00. The molecular weight excluding hydrogens is 424 g/mol. The fourth-order valence-electron chi connectivity index (χ4n) is 3.55. The summed E-state index contributed by atoms with van der Waals surface area (Å²) in [5.74, 6) is 0.797. The van der Waals surface area contributed by atoms with Crippen LogP contribution in [0.2, 0.25) is 0 Å². The summed E-state index contributed by atoms with van der Waals surface area (Å²) in [7, 11) is 1.43. The average molecular weight is 445 g/mol. The molecule has 3 aromatic rings. The first kappa shape index (κ1) is 20.5. The van der Waals surface area contributed by atoms with Crippen molar-refractivity contribution in [2.45, 2.75) is 37.6 Å². The summed E-state index contributed by atoms with van der Waals surface area (Å²) in [5.41, 5.74) is 1.25. The molecule has 1 aliphatic carbocycles. The number of nitro groups is 1. The van der Waals surface area contributed by atoms with Gasteiger partial charge < -0.3 is 10.1 Å². The summed E-state index contributed by atoms with van der Waals surface area (Å²) in [6.45, 7) is 1.85. The predicted molar refractivity (Wildman–Crippen MR) is 118 cm³/mol. The van der Waals surface area contributed by atoms with Crippen molar-refractivity contribution in [2.75, 3.05) is 18.2 Å². The number of amides is 1. The standard InChI is InChI=1S/C20H20N4O4S2/c1-11-21-19(18-13-5-3-4-6-16(13)30-20(18)22-11)29-10-17(25)23-14-8-7-12(28-2)9-15(14)24(26)27/h7-9H,3-6,10H2,1-2H3,(H,23,25). The number of rotatable bonds is 6. The molecule has 0 spiro atoms. The normalized spacial score (nSPS) is 13.1. The van der Waals surface area contributed by atoms with E-state index in [1.807, 2.05) is 6.92 Å². The number of methoxy groups -OCH3 is 1. The van der Waals surface area contributed by atoms with E-state index in [1.54, 1.807) is 17.4 Å². The number of aryl methyl sites for hydroxylation is 3. The van der Waals surface area contributed by atoms with Crippen LogP contribution in [0.5, 0.6) is 5.75 Å². The SMILES string of the molecule is COc1ccc(NC(=O)CSc2nc(C)nc3sc4c(c23)CCCC4)c([N+](=O)[O-])c1. The van der Waals surface area contributed by atoms with E-state index in [1.165, 1.54) is 47.9 Å². The van der Waals surface area contributed by atoms with Crippen molar-refractivity contribution in [1.82, 2.24) is 9.97 Å². The molecule has 0 radical (unpaired) electrons. The lowest BCUT2D eigenvalue weighted by atomic mass is 9.97. The van der Waals surface area contributed by atoms with Crippen LogP contribution in [0.25, 0.3) is 10.2 Å². The van der Waals surface area contributed by atoms with Gasteiger partial charge in [-0.3, -0.25) is 14.9 Å². The Morgan fingerprint density at radius 2 is 2.13 bits per heavy atom. The second-order valence-electron chi connectivity index (χ2n) is 6.94.